The smallest absolute Gasteiger partial charge is 0.0664 e. The Balaban J connectivity index is 2.26. The topological polar surface area (TPSA) is 23.5 Å². The predicted octanol–water partition coefficient (Wildman–Crippen LogP) is 2.36. The summed E-state index contributed by atoms with van der Waals surface area (Å²) in [6.07, 6.45) is 4.70. The number of nitrogens with zero attached hydrogens (tertiary/aromatic N) is 1. The molecule has 90 valence electrons. The minimum Gasteiger partial charge on any atom is -0.392 e. The summed E-state index contributed by atoms with van der Waals surface area (Å²) < 4.78 is 0. The Hall–Kier alpha value is 0.270. The molecule has 0 heterocycles. The maximum atomic E-state index is 9.61. The van der Waals surface area contributed by atoms with Gasteiger partial charge in [-0.05, 0) is 38.5 Å². The van der Waals surface area contributed by atoms with E-state index in [2.05, 4.69) is 30.6 Å². The number of hydrogen-bond donors (Lipinski definition) is 1. The highest BCUT2D eigenvalue weighted by atomic mass is 32.2. The van der Waals surface area contributed by atoms with E-state index in [1.165, 1.54) is 25.0 Å². The highest BCUT2D eigenvalue weighted by Crippen LogP contribution is 2.32. The molecule has 0 spiro atoms. The summed E-state index contributed by atoms with van der Waals surface area (Å²) in [4.78, 5) is 2.35. The molecular formula is C12H25NOS. The van der Waals surface area contributed by atoms with Crippen LogP contribution in [-0.2, 0) is 0 Å². The number of thioether (sulfide) groups is 1. The molecule has 0 aromatic heterocycles. The minimum atomic E-state index is -0.145. The van der Waals surface area contributed by atoms with Gasteiger partial charge in [0.15, 0.2) is 0 Å². The largest absolute Gasteiger partial charge is 0.392 e. The Morgan fingerprint density at radius 2 is 2.13 bits per heavy atom. The van der Waals surface area contributed by atoms with Crippen LogP contribution in [0.4, 0.5) is 0 Å². The average molecular weight is 231 g/mol. The average Bonchev–Trinajstić information content (AvgIpc) is 2.67. The van der Waals surface area contributed by atoms with Crippen molar-refractivity contribution in [3.63, 3.8) is 0 Å². The van der Waals surface area contributed by atoms with Crippen molar-refractivity contribution in [2.75, 3.05) is 19.3 Å². The van der Waals surface area contributed by atoms with Gasteiger partial charge in [-0.1, -0.05) is 13.8 Å². The molecule has 0 aromatic carbocycles. The Morgan fingerprint density at radius 1 is 1.40 bits per heavy atom. The Bertz CT molecular complexity index is 177. The zero-order chi connectivity index (χ0) is 11.3. The summed E-state index contributed by atoms with van der Waals surface area (Å²) >= 11 is 2.10. The monoisotopic (exact) mass is 231 g/mol. The summed E-state index contributed by atoms with van der Waals surface area (Å²) in [6.45, 7) is 5.12. The number of likely N-dealkylation sites (N-methyl/N-ethyl adjacent to an activating group) is 1. The molecule has 0 saturated heterocycles. The lowest BCUT2D eigenvalue weighted by Crippen LogP contribution is -2.36. The second-order valence-corrected chi connectivity index (χ2v) is 6.12. The van der Waals surface area contributed by atoms with Gasteiger partial charge in [-0.15, -0.1) is 0 Å². The number of aliphatic hydroxyl groups is 1. The van der Waals surface area contributed by atoms with Crippen LogP contribution in [0.15, 0.2) is 0 Å². The maximum Gasteiger partial charge on any atom is 0.0664 e. The van der Waals surface area contributed by atoms with E-state index >= 15 is 0 Å². The van der Waals surface area contributed by atoms with Crippen molar-refractivity contribution in [2.45, 2.75) is 56.9 Å². The molecule has 1 fully saturated rings. The van der Waals surface area contributed by atoms with Gasteiger partial charge in [0.1, 0.15) is 0 Å². The van der Waals surface area contributed by atoms with Crippen LogP contribution in [0.1, 0.15) is 39.5 Å². The molecule has 1 rings (SSSR count). The first-order valence-corrected chi connectivity index (χ1v) is 7.22. The molecule has 0 aromatic rings. The summed E-state index contributed by atoms with van der Waals surface area (Å²) in [7, 11) is 2.16. The quantitative estimate of drug-likeness (QED) is 0.759. The zero-order valence-electron chi connectivity index (χ0n) is 10.3. The maximum absolute atomic E-state index is 9.61. The highest BCUT2D eigenvalue weighted by Gasteiger charge is 2.27. The summed E-state index contributed by atoms with van der Waals surface area (Å²) in [6, 6.07) is 0.704. The van der Waals surface area contributed by atoms with Gasteiger partial charge in [0.2, 0.25) is 0 Å². The van der Waals surface area contributed by atoms with Gasteiger partial charge < -0.3 is 10.0 Å². The molecule has 3 unspecified atom stereocenters. The fraction of sp³-hybridized carbons (Fsp3) is 1.00. The molecule has 0 amide bonds. The number of rotatable bonds is 6. The van der Waals surface area contributed by atoms with E-state index in [4.69, 9.17) is 0 Å². The molecule has 0 radical (unpaired) electrons. The standard InChI is InChI=1S/C12H25NOS/c1-4-11(14)9-13(3)10-6-7-12(8-10)15-5-2/h10-12,14H,4-9H2,1-3H3. The van der Waals surface area contributed by atoms with Gasteiger partial charge in [-0.25, -0.2) is 0 Å². The van der Waals surface area contributed by atoms with Crippen molar-refractivity contribution >= 4 is 11.8 Å². The third-order valence-corrected chi connectivity index (χ3v) is 4.59. The zero-order valence-corrected chi connectivity index (χ0v) is 11.1. The van der Waals surface area contributed by atoms with Crippen molar-refractivity contribution in [3.05, 3.63) is 0 Å². The van der Waals surface area contributed by atoms with E-state index in [-0.39, 0.29) is 6.10 Å². The fourth-order valence-corrected chi connectivity index (χ4v) is 3.45. The number of hydrogen-bond acceptors (Lipinski definition) is 3. The van der Waals surface area contributed by atoms with Crippen molar-refractivity contribution in [1.82, 2.24) is 4.90 Å². The summed E-state index contributed by atoms with van der Waals surface area (Å²) in [5.74, 6) is 1.23. The van der Waals surface area contributed by atoms with E-state index in [9.17, 15) is 5.11 Å². The SMILES string of the molecule is CCSC1CCC(N(C)CC(O)CC)C1. The van der Waals surface area contributed by atoms with E-state index in [1.807, 2.05) is 6.92 Å². The minimum absolute atomic E-state index is 0.145. The molecule has 15 heavy (non-hydrogen) atoms. The summed E-state index contributed by atoms with van der Waals surface area (Å²) in [5.41, 5.74) is 0. The van der Waals surface area contributed by atoms with Crippen LogP contribution in [0.3, 0.4) is 0 Å². The van der Waals surface area contributed by atoms with E-state index in [1.54, 1.807) is 0 Å². The Labute approximate surface area is 98.4 Å². The lowest BCUT2D eigenvalue weighted by atomic mass is 10.2. The van der Waals surface area contributed by atoms with E-state index in [0.717, 1.165) is 18.2 Å². The molecule has 0 aliphatic heterocycles. The molecule has 1 aliphatic carbocycles. The van der Waals surface area contributed by atoms with Crippen LogP contribution in [0.2, 0.25) is 0 Å². The van der Waals surface area contributed by atoms with Crippen molar-refractivity contribution < 1.29 is 5.11 Å². The Kier molecular flexibility index (Phi) is 6.02. The third-order valence-electron chi connectivity index (χ3n) is 3.35. The molecule has 1 aliphatic rings. The molecular weight excluding hydrogens is 206 g/mol. The molecule has 3 atom stereocenters. The number of aliphatic hydroxyl groups excluding tert-OH is 1. The third kappa shape index (κ3) is 4.33. The van der Waals surface area contributed by atoms with E-state index in [0.29, 0.717) is 6.04 Å². The fourth-order valence-electron chi connectivity index (χ4n) is 2.32. The van der Waals surface area contributed by atoms with E-state index < -0.39 is 0 Å². The molecule has 1 saturated carbocycles. The molecule has 1 N–H and O–H groups in total. The van der Waals surface area contributed by atoms with Gasteiger partial charge in [-0.2, -0.15) is 11.8 Å². The first-order valence-electron chi connectivity index (χ1n) is 6.17. The van der Waals surface area contributed by atoms with Crippen LogP contribution in [0.5, 0.6) is 0 Å². The molecule has 2 nitrogen and oxygen atoms in total. The predicted molar refractivity (Wildman–Crippen MR) is 68.5 cm³/mol. The molecule has 0 bridgehead atoms. The lowest BCUT2D eigenvalue weighted by Gasteiger charge is -2.26. The second kappa shape index (κ2) is 6.77. The van der Waals surface area contributed by atoms with Gasteiger partial charge in [0, 0.05) is 17.8 Å². The van der Waals surface area contributed by atoms with Crippen LogP contribution < -0.4 is 0 Å². The Morgan fingerprint density at radius 3 is 2.73 bits per heavy atom. The van der Waals surface area contributed by atoms with Gasteiger partial charge in [0.05, 0.1) is 6.10 Å². The van der Waals surface area contributed by atoms with Crippen molar-refractivity contribution in [2.24, 2.45) is 0 Å². The normalized spacial score (nSPS) is 28.6. The lowest BCUT2D eigenvalue weighted by molar-refractivity contribution is 0.102. The van der Waals surface area contributed by atoms with Gasteiger partial charge in [-0.3, -0.25) is 0 Å². The first-order chi connectivity index (χ1) is 7.17. The van der Waals surface area contributed by atoms with Crippen molar-refractivity contribution in [3.8, 4) is 0 Å². The first kappa shape index (κ1) is 13.3. The van der Waals surface area contributed by atoms with Crippen molar-refractivity contribution in [1.29, 1.82) is 0 Å². The van der Waals surface area contributed by atoms with Crippen LogP contribution >= 0.6 is 11.8 Å². The van der Waals surface area contributed by atoms with Crippen LogP contribution in [-0.4, -0.2) is 46.7 Å². The van der Waals surface area contributed by atoms with Gasteiger partial charge >= 0.3 is 0 Å². The van der Waals surface area contributed by atoms with Crippen LogP contribution in [0, 0.1) is 0 Å². The summed E-state index contributed by atoms with van der Waals surface area (Å²) in [5, 5.41) is 10.5. The second-order valence-electron chi connectivity index (χ2n) is 4.55. The highest BCUT2D eigenvalue weighted by molar-refractivity contribution is 7.99. The van der Waals surface area contributed by atoms with Gasteiger partial charge in [0.25, 0.3) is 0 Å². The molecule has 3 heteroatoms. The van der Waals surface area contributed by atoms with Crippen LogP contribution in [0.25, 0.3) is 0 Å².